The van der Waals surface area contributed by atoms with Crippen LogP contribution in [0.2, 0.25) is 0 Å². The molecule has 0 unspecified atom stereocenters. The van der Waals surface area contributed by atoms with Crippen LogP contribution in [0.15, 0.2) is 12.2 Å². The van der Waals surface area contributed by atoms with Crippen molar-refractivity contribution in [3.8, 4) is 0 Å². The maximum atomic E-state index is 13.6. The summed E-state index contributed by atoms with van der Waals surface area (Å²) < 4.78 is 12.1. The van der Waals surface area contributed by atoms with E-state index in [1.165, 1.54) is 0 Å². The average Bonchev–Trinajstić information content (AvgIpc) is 3.05. The molecule has 4 saturated carbocycles. The highest BCUT2D eigenvalue weighted by Crippen LogP contribution is 2.75. The summed E-state index contributed by atoms with van der Waals surface area (Å²) in [5, 5.41) is 33.8. The molecule has 10 atom stereocenters. The SMILES string of the molecule is C=C1[C@@H]2C[C@H]3O[C@H](OC)[C@@]45[C@H]([C@H](O)C(=O)[C@](C2)([C@@H]1O)[C@@H]34)C(C)(C)CC[C@@H]5O. The Kier molecular flexibility index (Phi) is 3.53. The minimum atomic E-state index is -1.26. The molecule has 150 valence electrons. The van der Waals surface area contributed by atoms with Crippen molar-refractivity contribution in [2.24, 2.45) is 34.0 Å². The zero-order valence-electron chi connectivity index (χ0n) is 16.2. The van der Waals surface area contributed by atoms with Gasteiger partial charge in [0, 0.05) is 18.9 Å². The first-order valence-electron chi connectivity index (χ1n) is 10.1. The van der Waals surface area contributed by atoms with E-state index in [0.29, 0.717) is 31.3 Å². The van der Waals surface area contributed by atoms with E-state index in [-0.39, 0.29) is 29.1 Å². The molecular formula is C21H30O6. The van der Waals surface area contributed by atoms with Gasteiger partial charge in [-0.05, 0) is 42.6 Å². The van der Waals surface area contributed by atoms with Crippen LogP contribution in [-0.4, -0.2) is 58.9 Å². The fourth-order valence-electron chi connectivity index (χ4n) is 8.09. The molecule has 0 aromatic carbocycles. The molecule has 0 amide bonds. The fourth-order valence-corrected chi connectivity index (χ4v) is 8.09. The van der Waals surface area contributed by atoms with E-state index in [1.54, 1.807) is 7.11 Å². The molecule has 6 nitrogen and oxygen atoms in total. The normalized spacial score (nSPS) is 58.1. The van der Waals surface area contributed by atoms with Gasteiger partial charge in [-0.25, -0.2) is 0 Å². The Hall–Kier alpha value is -0.790. The highest BCUT2D eigenvalue weighted by atomic mass is 16.7. The number of carbonyl (C=O) groups is 1. The monoisotopic (exact) mass is 378 g/mol. The van der Waals surface area contributed by atoms with E-state index < -0.39 is 41.3 Å². The van der Waals surface area contributed by atoms with Crippen LogP contribution in [0.4, 0.5) is 0 Å². The minimum Gasteiger partial charge on any atom is -0.392 e. The van der Waals surface area contributed by atoms with Crippen molar-refractivity contribution < 1.29 is 29.6 Å². The highest BCUT2D eigenvalue weighted by molar-refractivity contribution is 5.93. The maximum absolute atomic E-state index is 13.6. The molecular weight excluding hydrogens is 348 g/mol. The summed E-state index contributed by atoms with van der Waals surface area (Å²) >= 11 is 0. The van der Waals surface area contributed by atoms with Crippen molar-refractivity contribution in [3.05, 3.63) is 12.2 Å². The molecule has 6 heteroatoms. The number of aliphatic hydroxyl groups excluding tert-OH is 3. The van der Waals surface area contributed by atoms with Crippen molar-refractivity contribution in [2.45, 2.75) is 70.2 Å². The Bertz CT molecular complexity index is 717. The lowest BCUT2D eigenvalue weighted by Gasteiger charge is -2.65. The van der Waals surface area contributed by atoms with E-state index in [0.717, 1.165) is 0 Å². The summed E-state index contributed by atoms with van der Waals surface area (Å²) in [5.74, 6) is -1.16. The van der Waals surface area contributed by atoms with Crippen LogP contribution in [0.3, 0.4) is 0 Å². The molecule has 3 N–H and O–H groups in total. The highest BCUT2D eigenvalue weighted by Gasteiger charge is 2.82. The van der Waals surface area contributed by atoms with E-state index in [4.69, 9.17) is 9.47 Å². The third-order valence-electron chi connectivity index (χ3n) is 8.91. The zero-order valence-corrected chi connectivity index (χ0v) is 16.2. The average molecular weight is 378 g/mol. The molecule has 27 heavy (non-hydrogen) atoms. The van der Waals surface area contributed by atoms with Gasteiger partial charge in [0.25, 0.3) is 0 Å². The Morgan fingerprint density at radius 3 is 2.59 bits per heavy atom. The van der Waals surface area contributed by atoms with Gasteiger partial charge >= 0.3 is 0 Å². The lowest BCUT2D eigenvalue weighted by atomic mass is 9.38. The van der Waals surface area contributed by atoms with Crippen LogP contribution in [-0.2, 0) is 14.3 Å². The maximum Gasteiger partial charge on any atom is 0.171 e. The van der Waals surface area contributed by atoms with Crippen LogP contribution in [0.1, 0.15) is 39.5 Å². The van der Waals surface area contributed by atoms with Crippen molar-refractivity contribution in [2.75, 3.05) is 7.11 Å². The molecule has 0 aromatic heterocycles. The van der Waals surface area contributed by atoms with Gasteiger partial charge in [-0.1, -0.05) is 20.4 Å². The largest absolute Gasteiger partial charge is 0.392 e. The molecule has 0 radical (unpaired) electrons. The molecule has 1 heterocycles. The molecule has 2 spiro atoms. The predicted octanol–water partition coefficient (Wildman–Crippen LogP) is 1.03. The standard InChI is InChI=1S/C21H30O6/c1-9-10-7-11-14-20(8-10,16(9)24)17(25)13(23)15-19(2,3)6-5-12(22)21(14,15)18(26-4)27-11/h10-16,18,22-24H,1,5-8H2,2-4H3/t10-,11-,12+,13+,14-,15-,16-,18+,20+,21-/m1/s1. The van der Waals surface area contributed by atoms with Gasteiger partial charge in [-0.3, -0.25) is 4.79 Å². The lowest BCUT2D eigenvalue weighted by molar-refractivity contribution is -0.272. The third-order valence-corrected chi connectivity index (χ3v) is 8.91. The van der Waals surface area contributed by atoms with Crippen LogP contribution >= 0.6 is 0 Å². The van der Waals surface area contributed by atoms with E-state index in [1.807, 2.05) is 0 Å². The molecule has 5 rings (SSSR count). The lowest BCUT2D eigenvalue weighted by Crippen LogP contribution is -2.74. The first-order chi connectivity index (χ1) is 12.6. The molecule has 1 saturated heterocycles. The molecule has 2 bridgehead atoms. The second kappa shape index (κ2) is 5.22. The van der Waals surface area contributed by atoms with Crippen molar-refractivity contribution in [1.82, 2.24) is 0 Å². The van der Waals surface area contributed by atoms with Gasteiger partial charge in [0.2, 0.25) is 0 Å². The van der Waals surface area contributed by atoms with Crippen molar-refractivity contribution in [3.63, 3.8) is 0 Å². The van der Waals surface area contributed by atoms with E-state index in [9.17, 15) is 20.1 Å². The van der Waals surface area contributed by atoms with Gasteiger partial charge in [-0.2, -0.15) is 0 Å². The van der Waals surface area contributed by atoms with Crippen molar-refractivity contribution in [1.29, 1.82) is 0 Å². The van der Waals surface area contributed by atoms with Crippen molar-refractivity contribution >= 4 is 5.78 Å². The molecule has 4 aliphatic carbocycles. The number of hydrogen-bond donors (Lipinski definition) is 3. The molecule has 1 aliphatic heterocycles. The summed E-state index contributed by atoms with van der Waals surface area (Å²) in [6.07, 6.45) is -1.58. The molecule has 5 fully saturated rings. The van der Waals surface area contributed by atoms with Crippen LogP contribution < -0.4 is 0 Å². The summed E-state index contributed by atoms with van der Waals surface area (Å²) in [7, 11) is 1.56. The van der Waals surface area contributed by atoms with Gasteiger partial charge in [0.05, 0.1) is 29.1 Å². The second-order valence-electron chi connectivity index (χ2n) is 10.2. The quantitative estimate of drug-likeness (QED) is 0.590. The van der Waals surface area contributed by atoms with E-state index in [2.05, 4.69) is 20.4 Å². The van der Waals surface area contributed by atoms with Gasteiger partial charge in [0.1, 0.15) is 6.10 Å². The third kappa shape index (κ3) is 1.75. The van der Waals surface area contributed by atoms with Gasteiger partial charge < -0.3 is 24.8 Å². The summed E-state index contributed by atoms with van der Waals surface area (Å²) in [5.41, 5.74) is -1.74. The first-order valence-corrected chi connectivity index (χ1v) is 10.1. The van der Waals surface area contributed by atoms with Gasteiger partial charge in [-0.15, -0.1) is 0 Å². The number of hydrogen-bond acceptors (Lipinski definition) is 6. The second-order valence-corrected chi connectivity index (χ2v) is 10.2. The fraction of sp³-hybridized carbons (Fsp3) is 0.857. The Labute approximate surface area is 159 Å². The summed E-state index contributed by atoms with van der Waals surface area (Å²) in [6, 6.07) is 0. The number of ketones is 1. The number of Topliss-reactive ketones (excluding diaryl/α,β-unsaturated/α-hetero) is 1. The number of aliphatic hydroxyl groups is 3. The van der Waals surface area contributed by atoms with Gasteiger partial charge in [0.15, 0.2) is 12.1 Å². The minimum absolute atomic E-state index is 0.00431. The number of fused-ring (bicyclic) bond motifs is 1. The number of ether oxygens (including phenoxy) is 2. The summed E-state index contributed by atoms with van der Waals surface area (Å²) in [4.78, 5) is 13.6. The predicted molar refractivity (Wildman–Crippen MR) is 95.4 cm³/mol. The van der Waals surface area contributed by atoms with Crippen LogP contribution in [0, 0.1) is 34.0 Å². The topological polar surface area (TPSA) is 96.2 Å². The van der Waals surface area contributed by atoms with E-state index >= 15 is 0 Å². The Morgan fingerprint density at radius 2 is 1.93 bits per heavy atom. The smallest absolute Gasteiger partial charge is 0.171 e. The first kappa shape index (κ1) is 18.3. The van der Waals surface area contributed by atoms with Crippen LogP contribution in [0.25, 0.3) is 0 Å². The number of carbonyl (C=O) groups excluding carboxylic acids is 1. The summed E-state index contributed by atoms with van der Waals surface area (Å²) in [6.45, 7) is 8.16. The molecule has 0 aromatic rings. The number of methoxy groups -OCH3 is 1. The molecule has 5 aliphatic rings. The Morgan fingerprint density at radius 1 is 1.22 bits per heavy atom. The number of rotatable bonds is 1. The van der Waals surface area contributed by atoms with Crippen LogP contribution in [0.5, 0.6) is 0 Å². The Balaban J connectivity index is 1.80. The zero-order chi connectivity index (χ0) is 19.5.